The lowest BCUT2D eigenvalue weighted by Crippen LogP contribution is -2.31. The van der Waals surface area contributed by atoms with Crippen molar-refractivity contribution in [2.75, 3.05) is 13.1 Å². The van der Waals surface area contributed by atoms with Crippen LogP contribution in [0.3, 0.4) is 0 Å². The van der Waals surface area contributed by atoms with Crippen molar-refractivity contribution in [2.45, 2.75) is 63.8 Å². The summed E-state index contributed by atoms with van der Waals surface area (Å²) in [5.74, 6) is 2.84. The number of rotatable bonds is 3. The third-order valence-corrected chi connectivity index (χ3v) is 5.74. The summed E-state index contributed by atoms with van der Waals surface area (Å²) in [5.41, 5.74) is 5.93. The van der Waals surface area contributed by atoms with Crippen LogP contribution in [0.15, 0.2) is 0 Å². The second kappa shape index (κ2) is 5.82. The fourth-order valence-electron chi connectivity index (χ4n) is 4.40. The van der Waals surface area contributed by atoms with E-state index in [2.05, 4.69) is 4.90 Å². The van der Waals surface area contributed by atoms with Gasteiger partial charge in [0, 0.05) is 25.6 Å². The molecule has 3 fully saturated rings. The lowest BCUT2D eigenvalue weighted by Gasteiger charge is -2.26. The summed E-state index contributed by atoms with van der Waals surface area (Å²) in [4.78, 5) is 14.4. The van der Waals surface area contributed by atoms with Crippen LogP contribution < -0.4 is 5.73 Å². The van der Waals surface area contributed by atoms with E-state index in [-0.39, 0.29) is 0 Å². The topological polar surface area (TPSA) is 46.3 Å². The van der Waals surface area contributed by atoms with E-state index in [9.17, 15) is 4.79 Å². The fourth-order valence-corrected chi connectivity index (χ4v) is 4.40. The number of nitrogens with two attached hydrogens (primary N) is 1. The Morgan fingerprint density at radius 2 is 1.63 bits per heavy atom. The van der Waals surface area contributed by atoms with E-state index < -0.39 is 0 Å². The van der Waals surface area contributed by atoms with Crippen LogP contribution >= 0.6 is 0 Å². The Kier molecular flexibility index (Phi) is 4.11. The molecule has 2 atom stereocenters. The molecule has 1 aliphatic heterocycles. The lowest BCUT2D eigenvalue weighted by atomic mass is 9.84. The van der Waals surface area contributed by atoms with Crippen molar-refractivity contribution in [3.63, 3.8) is 0 Å². The van der Waals surface area contributed by atoms with Crippen LogP contribution in [0.4, 0.5) is 0 Å². The highest BCUT2D eigenvalue weighted by Gasteiger charge is 2.37. The Labute approximate surface area is 116 Å². The predicted octanol–water partition coefficient (Wildman–Crippen LogP) is 2.54. The Balaban J connectivity index is 1.40. The van der Waals surface area contributed by atoms with E-state index in [1.165, 1.54) is 32.1 Å². The first kappa shape index (κ1) is 13.4. The predicted molar refractivity (Wildman–Crippen MR) is 76.6 cm³/mol. The van der Waals surface area contributed by atoms with Crippen molar-refractivity contribution in [3.8, 4) is 0 Å². The molecule has 3 rings (SSSR count). The number of nitrogens with zero attached hydrogens (tertiary/aromatic N) is 1. The molecule has 3 heteroatoms. The van der Waals surface area contributed by atoms with Crippen molar-refractivity contribution in [1.29, 1.82) is 0 Å². The van der Waals surface area contributed by atoms with Gasteiger partial charge in [-0.15, -0.1) is 0 Å². The zero-order valence-electron chi connectivity index (χ0n) is 12.0. The summed E-state index contributed by atoms with van der Waals surface area (Å²) in [7, 11) is 0. The molecule has 0 spiro atoms. The molecule has 0 aromatic rings. The smallest absolute Gasteiger partial charge is 0.222 e. The van der Waals surface area contributed by atoms with Gasteiger partial charge in [-0.25, -0.2) is 0 Å². The van der Waals surface area contributed by atoms with Gasteiger partial charge in [-0.2, -0.15) is 0 Å². The standard InChI is InChI=1S/C16H28N2O/c17-15-7-4-12(5-8-15)6-9-16(19)18-10-13-2-1-3-14(13)11-18/h12-15H,1-11,17H2. The van der Waals surface area contributed by atoms with Gasteiger partial charge < -0.3 is 10.6 Å². The van der Waals surface area contributed by atoms with Crippen LogP contribution in [-0.4, -0.2) is 29.9 Å². The van der Waals surface area contributed by atoms with Gasteiger partial charge in [0.25, 0.3) is 0 Å². The van der Waals surface area contributed by atoms with Crippen LogP contribution in [0.2, 0.25) is 0 Å². The summed E-state index contributed by atoms with van der Waals surface area (Å²) in [5, 5.41) is 0. The molecule has 1 heterocycles. The zero-order chi connectivity index (χ0) is 13.2. The van der Waals surface area contributed by atoms with Crippen LogP contribution in [0.1, 0.15) is 57.8 Å². The molecule has 0 radical (unpaired) electrons. The lowest BCUT2D eigenvalue weighted by molar-refractivity contribution is -0.130. The number of hydrogen-bond donors (Lipinski definition) is 1. The molecule has 19 heavy (non-hydrogen) atoms. The first-order chi connectivity index (χ1) is 9.22. The normalized spacial score (nSPS) is 38.5. The number of hydrogen-bond acceptors (Lipinski definition) is 2. The van der Waals surface area contributed by atoms with Gasteiger partial charge in [0.05, 0.1) is 0 Å². The van der Waals surface area contributed by atoms with Gasteiger partial charge in [-0.1, -0.05) is 6.42 Å². The number of fused-ring (bicyclic) bond motifs is 1. The van der Waals surface area contributed by atoms with Crippen LogP contribution in [-0.2, 0) is 4.79 Å². The first-order valence-electron chi connectivity index (χ1n) is 8.25. The Hall–Kier alpha value is -0.570. The third kappa shape index (κ3) is 3.13. The van der Waals surface area contributed by atoms with Crippen LogP contribution in [0, 0.1) is 17.8 Å². The molecule has 1 saturated heterocycles. The minimum absolute atomic E-state index is 0.421. The SMILES string of the molecule is NC1CCC(CCC(=O)N2CC3CCCC3C2)CC1. The molecule has 3 aliphatic rings. The molecule has 2 unspecified atom stereocenters. The van der Waals surface area contributed by atoms with Crippen molar-refractivity contribution < 1.29 is 4.79 Å². The summed E-state index contributed by atoms with van der Waals surface area (Å²) >= 11 is 0. The maximum atomic E-state index is 12.3. The maximum absolute atomic E-state index is 12.3. The van der Waals surface area contributed by atoms with Gasteiger partial charge in [0.15, 0.2) is 0 Å². The van der Waals surface area contributed by atoms with Crippen LogP contribution in [0.25, 0.3) is 0 Å². The highest BCUT2D eigenvalue weighted by Crippen LogP contribution is 2.38. The highest BCUT2D eigenvalue weighted by atomic mass is 16.2. The summed E-state index contributed by atoms with van der Waals surface area (Å²) in [6, 6.07) is 0.421. The highest BCUT2D eigenvalue weighted by molar-refractivity contribution is 5.76. The number of carbonyl (C=O) groups excluding carboxylic acids is 1. The van der Waals surface area contributed by atoms with Crippen LogP contribution in [0.5, 0.6) is 0 Å². The van der Waals surface area contributed by atoms with E-state index in [4.69, 9.17) is 5.73 Å². The molecule has 108 valence electrons. The van der Waals surface area contributed by atoms with Gasteiger partial charge >= 0.3 is 0 Å². The molecule has 0 bridgehead atoms. The van der Waals surface area contributed by atoms with Crippen molar-refractivity contribution in [1.82, 2.24) is 4.90 Å². The minimum Gasteiger partial charge on any atom is -0.342 e. The van der Waals surface area contributed by atoms with Crippen molar-refractivity contribution >= 4 is 5.91 Å². The molecule has 1 amide bonds. The fraction of sp³-hybridized carbons (Fsp3) is 0.938. The summed E-state index contributed by atoms with van der Waals surface area (Å²) in [6.07, 6.45) is 10.8. The summed E-state index contributed by atoms with van der Waals surface area (Å²) in [6.45, 7) is 2.11. The number of amides is 1. The molecule has 2 saturated carbocycles. The van der Waals surface area contributed by atoms with Crippen molar-refractivity contribution in [2.24, 2.45) is 23.5 Å². The van der Waals surface area contributed by atoms with E-state index in [0.717, 1.165) is 56.5 Å². The second-order valence-electron chi connectivity index (χ2n) is 7.07. The van der Waals surface area contributed by atoms with Gasteiger partial charge in [-0.3, -0.25) is 4.79 Å². The molecular weight excluding hydrogens is 236 g/mol. The third-order valence-electron chi connectivity index (χ3n) is 5.74. The average Bonchev–Trinajstić information content (AvgIpc) is 2.98. The Morgan fingerprint density at radius 1 is 1.00 bits per heavy atom. The number of likely N-dealkylation sites (tertiary alicyclic amines) is 1. The Bertz CT molecular complexity index is 311. The van der Waals surface area contributed by atoms with E-state index in [0.29, 0.717) is 11.9 Å². The molecule has 2 aliphatic carbocycles. The summed E-state index contributed by atoms with van der Waals surface area (Å²) < 4.78 is 0. The average molecular weight is 264 g/mol. The molecule has 0 aromatic carbocycles. The van der Waals surface area contributed by atoms with Crippen molar-refractivity contribution in [3.05, 3.63) is 0 Å². The van der Waals surface area contributed by atoms with E-state index >= 15 is 0 Å². The maximum Gasteiger partial charge on any atom is 0.222 e. The second-order valence-corrected chi connectivity index (χ2v) is 7.07. The van der Waals surface area contributed by atoms with Gasteiger partial charge in [-0.05, 0) is 62.7 Å². The van der Waals surface area contributed by atoms with E-state index in [1.54, 1.807) is 0 Å². The zero-order valence-corrected chi connectivity index (χ0v) is 12.0. The monoisotopic (exact) mass is 264 g/mol. The quantitative estimate of drug-likeness (QED) is 0.851. The number of carbonyl (C=O) groups is 1. The minimum atomic E-state index is 0.421. The van der Waals surface area contributed by atoms with E-state index in [1.807, 2.05) is 0 Å². The first-order valence-corrected chi connectivity index (χ1v) is 8.25. The largest absolute Gasteiger partial charge is 0.342 e. The molecule has 0 aromatic heterocycles. The molecule has 2 N–H and O–H groups in total. The van der Waals surface area contributed by atoms with Gasteiger partial charge in [0.2, 0.25) is 5.91 Å². The molecule has 3 nitrogen and oxygen atoms in total. The Morgan fingerprint density at radius 3 is 2.26 bits per heavy atom. The van der Waals surface area contributed by atoms with Gasteiger partial charge in [0.1, 0.15) is 0 Å². The molecular formula is C16H28N2O.